The molecule has 2 atom stereocenters. The molecule has 0 spiro atoms. The third kappa shape index (κ3) is 2.39. The predicted molar refractivity (Wildman–Crippen MR) is 103 cm³/mol. The normalized spacial score (nSPS) is 29.5. The number of benzene rings is 2. The van der Waals surface area contributed by atoms with Crippen LogP contribution in [0.15, 0.2) is 60.7 Å². The first-order chi connectivity index (χ1) is 12.7. The summed E-state index contributed by atoms with van der Waals surface area (Å²) in [5.74, 6) is 0.517. The molecule has 0 saturated heterocycles. The standard InChI is InChI=1S/C24H26O2/c25-21-15-7-9-17-23(21,19-11-3-1-4-12-19)24(18-10-8-16-22(24)26)20-13-5-2-6-14-20/h1-6,11-14H,7-10,15-18H2. The van der Waals surface area contributed by atoms with Gasteiger partial charge in [0.25, 0.3) is 0 Å². The van der Waals surface area contributed by atoms with Gasteiger partial charge in [0.15, 0.2) is 0 Å². The Labute approximate surface area is 155 Å². The van der Waals surface area contributed by atoms with Crippen LogP contribution in [0, 0.1) is 0 Å². The van der Waals surface area contributed by atoms with Gasteiger partial charge in [-0.2, -0.15) is 0 Å². The van der Waals surface area contributed by atoms with Gasteiger partial charge < -0.3 is 0 Å². The van der Waals surface area contributed by atoms with Crippen LogP contribution in [0.25, 0.3) is 0 Å². The van der Waals surface area contributed by atoms with E-state index in [1.54, 1.807) is 0 Å². The van der Waals surface area contributed by atoms with E-state index in [2.05, 4.69) is 24.3 Å². The van der Waals surface area contributed by atoms with Gasteiger partial charge in [-0.15, -0.1) is 0 Å². The van der Waals surface area contributed by atoms with E-state index in [0.717, 1.165) is 49.7 Å². The number of hydrogen-bond donors (Lipinski definition) is 0. The molecular formula is C24H26O2. The van der Waals surface area contributed by atoms with Gasteiger partial charge in [0.05, 0.1) is 10.8 Å². The van der Waals surface area contributed by atoms with E-state index in [0.29, 0.717) is 12.8 Å². The van der Waals surface area contributed by atoms with E-state index >= 15 is 0 Å². The molecule has 0 aromatic heterocycles. The zero-order valence-corrected chi connectivity index (χ0v) is 15.2. The van der Waals surface area contributed by atoms with E-state index in [4.69, 9.17) is 0 Å². The lowest BCUT2D eigenvalue weighted by Gasteiger charge is -2.53. The van der Waals surface area contributed by atoms with E-state index < -0.39 is 10.8 Å². The maximum atomic E-state index is 13.6. The van der Waals surface area contributed by atoms with Gasteiger partial charge in [0, 0.05) is 12.8 Å². The summed E-state index contributed by atoms with van der Waals surface area (Å²) in [6.45, 7) is 0. The summed E-state index contributed by atoms with van der Waals surface area (Å²) in [6.07, 6.45) is 6.59. The summed E-state index contributed by atoms with van der Waals surface area (Å²) in [4.78, 5) is 27.2. The third-order valence-corrected chi connectivity index (χ3v) is 6.62. The highest BCUT2D eigenvalue weighted by Crippen LogP contribution is 2.56. The molecular weight excluding hydrogens is 320 g/mol. The van der Waals surface area contributed by atoms with E-state index in [1.165, 1.54) is 0 Å². The topological polar surface area (TPSA) is 34.1 Å². The number of carbonyl (C=O) groups is 2. The average molecular weight is 346 g/mol. The molecule has 2 heteroatoms. The fraction of sp³-hybridized carbons (Fsp3) is 0.417. The molecule has 0 amide bonds. The molecule has 2 unspecified atom stereocenters. The van der Waals surface area contributed by atoms with Gasteiger partial charge in [-0.3, -0.25) is 9.59 Å². The molecule has 2 aromatic carbocycles. The van der Waals surface area contributed by atoms with Crippen molar-refractivity contribution < 1.29 is 9.59 Å². The molecule has 134 valence electrons. The molecule has 2 aromatic rings. The van der Waals surface area contributed by atoms with Gasteiger partial charge in [0.2, 0.25) is 0 Å². The number of rotatable bonds is 3. The van der Waals surface area contributed by atoms with Crippen LogP contribution in [0.4, 0.5) is 0 Å². The molecule has 2 aliphatic rings. The summed E-state index contributed by atoms with van der Waals surface area (Å²) in [6, 6.07) is 20.3. The van der Waals surface area contributed by atoms with Crippen LogP contribution in [0.5, 0.6) is 0 Å². The van der Waals surface area contributed by atoms with Crippen molar-refractivity contribution in [3.05, 3.63) is 71.8 Å². The van der Waals surface area contributed by atoms with Gasteiger partial charge >= 0.3 is 0 Å². The first-order valence-corrected chi connectivity index (χ1v) is 9.89. The predicted octanol–water partition coefficient (Wildman–Crippen LogP) is 5.15. The minimum absolute atomic E-state index is 0.258. The fourth-order valence-electron chi connectivity index (χ4n) is 5.51. The van der Waals surface area contributed by atoms with E-state index in [-0.39, 0.29) is 11.6 Å². The van der Waals surface area contributed by atoms with E-state index in [9.17, 15) is 9.59 Å². The van der Waals surface area contributed by atoms with Crippen LogP contribution in [-0.2, 0) is 20.4 Å². The van der Waals surface area contributed by atoms with Crippen molar-refractivity contribution in [3.63, 3.8) is 0 Å². The molecule has 26 heavy (non-hydrogen) atoms. The molecule has 0 N–H and O–H groups in total. The van der Waals surface area contributed by atoms with Crippen LogP contribution < -0.4 is 0 Å². The highest BCUT2D eigenvalue weighted by molar-refractivity contribution is 6.03. The Balaban J connectivity index is 2.03. The molecule has 0 radical (unpaired) electrons. The molecule has 0 aliphatic heterocycles. The smallest absolute Gasteiger partial charge is 0.144 e. The van der Waals surface area contributed by atoms with Crippen molar-refractivity contribution in [1.82, 2.24) is 0 Å². The molecule has 2 nitrogen and oxygen atoms in total. The minimum Gasteiger partial charge on any atom is -0.299 e. The number of Topliss-reactive ketones (excluding diaryl/α,β-unsaturated/α-hetero) is 2. The largest absolute Gasteiger partial charge is 0.299 e. The third-order valence-electron chi connectivity index (χ3n) is 6.62. The second-order valence-corrected chi connectivity index (χ2v) is 7.80. The van der Waals surface area contributed by atoms with Crippen molar-refractivity contribution in [1.29, 1.82) is 0 Å². The Morgan fingerprint density at radius 2 is 0.923 bits per heavy atom. The maximum absolute atomic E-state index is 13.6. The number of ketones is 2. The van der Waals surface area contributed by atoms with Gasteiger partial charge in [0.1, 0.15) is 11.6 Å². The van der Waals surface area contributed by atoms with Gasteiger partial charge in [-0.1, -0.05) is 73.5 Å². The molecule has 2 saturated carbocycles. The monoisotopic (exact) mass is 346 g/mol. The van der Waals surface area contributed by atoms with Gasteiger partial charge in [-0.25, -0.2) is 0 Å². The van der Waals surface area contributed by atoms with E-state index in [1.807, 2.05) is 36.4 Å². The number of carbonyl (C=O) groups excluding carboxylic acids is 2. The summed E-state index contributed by atoms with van der Waals surface area (Å²) in [7, 11) is 0. The zero-order valence-electron chi connectivity index (χ0n) is 15.2. The van der Waals surface area contributed by atoms with Crippen molar-refractivity contribution >= 4 is 11.6 Å². The summed E-state index contributed by atoms with van der Waals surface area (Å²) in [5, 5.41) is 0. The van der Waals surface area contributed by atoms with Crippen molar-refractivity contribution in [2.45, 2.75) is 62.2 Å². The van der Waals surface area contributed by atoms with Crippen molar-refractivity contribution in [3.8, 4) is 0 Å². The quantitative estimate of drug-likeness (QED) is 0.770. The molecule has 0 bridgehead atoms. The first-order valence-electron chi connectivity index (χ1n) is 9.89. The second-order valence-electron chi connectivity index (χ2n) is 7.80. The number of hydrogen-bond acceptors (Lipinski definition) is 2. The Morgan fingerprint density at radius 1 is 0.538 bits per heavy atom. The lowest BCUT2D eigenvalue weighted by atomic mass is 9.47. The maximum Gasteiger partial charge on any atom is 0.144 e. The lowest BCUT2D eigenvalue weighted by molar-refractivity contribution is -0.141. The zero-order chi connectivity index (χ0) is 18.0. The Hall–Kier alpha value is -2.22. The molecule has 4 rings (SSSR count). The Bertz CT molecular complexity index is 726. The molecule has 2 aliphatic carbocycles. The lowest BCUT2D eigenvalue weighted by Crippen LogP contribution is -2.60. The SMILES string of the molecule is O=C1CCCCC1(c1ccccc1)C1(c2ccccc2)CCCCC1=O. The summed E-state index contributed by atoms with van der Waals surface area (Å²) in [5.41, 5.74) is 0.629. The van der Waals surface area contributed by atoms with Gasteiger partial charge in [-0.05, 0) is 36.8 Å². The van der Waals surface area contributed by atoms with Crippen LogP contribution in [0.3, 0.4) is 0 Å². The minimum atomic E-state index is -0.717. The van der Waals surface area contributed by atoms with Crippen molar-refractivity contribution in [2.75, 3.05) is 0 Å². The second kappa shape index (κ2) is 6.83. The van der Waals surface area contributed by atoms with Crippen LogP contribution >= 0.6 is 0 Å². The van der Waals surface area contributed by atoms with Crippen molar-refractivity contribution in [2.24, 2.45) is 0 Å². The molecule has 2 fully saturated rings. The molecule has 0 heterocycles. The fourth-order valence-corrected chi connectivity index (χ4v) is 5.51. The Morgan fingerprint density at radius 3 is 1.27 bits per heavy atom. The highest BCUT2D eigenvalue weighted by atomic mass is 16.1. The van der Waals surface area contributed by atoms with Crippen LogP contribution in [0.1, 0.15) is 62.5 Å². The average Bonchev–Trinajstić information content (AvgIpc) is 2.70. The Kier molecular flexibility index (Phi) is 4.52. The summed E-state index contributed by atoms with van der Waals surface area (Å²) < 4.78 is 0. The van der Waals surface area contributed by atoms with Crippen LogP contribution in [0.2, 0.25) is 0 Å². The summed E-state index contributed by atoms with van der Waals surface area (Å²) >= 11 is 0. The van der Waals surface area contributed by atoms with Crippen LogP contribution in [-0.4, -0.2) is 11.6 Å². The first kappa shape index (κ1) is 17.2. The highest BCUT2D eigenvalue weighted by Gasteiger charge is 2.61.